The van der Waals surface area contributed by atoms with Crippen LogP contribution >= 0.6 is 0 Å². The summed E-state index contributed by atoms with van der Waals surface area (Å²) < 4.78 is 30.7. The van der Waals surface area contributed by atoms with Crippen LogP contribution in [0.25, 0.3) is 0 Å². The van der Waals surface area contributed by atoms with Crippen molar-refractivity contribution in [2.75, 3.05) is 5.73 Å². The Labute approximate surface area is 98.5 Å². The summed E-state index contributed by atoms with van der Waals surface area (Å²) in [6.07, 6.45) is 1.38. The van der Waals surface area contributed by atoms with Crippen LogP contribution in [0.5, 0.6) is 0 Å². The van der Waals surface area contributed by atoms with Crippen LogP contribution < -0.4 is 10.5 Å². The van der Waals surface area contributed by atoms with Crippen molar-refractivity contribution in [2.45, 2.75) is 11.4 Å². The summed E-state index contributed by atoms with van der Waals surface area (Å²) in [5.74, 6) is 0. The summed E-state index contributed by atoms with van der Waals surface area (Å²) in [6.45, 7) is 0.0865. The summed E-state index contributed by atoms with van der Waals surface area (Å²) in [4.78, 5) is 0.162. The highest BCUT2D eigenvalue weighted by Crippen LogP contribution is 2.11. The number of rotatable bonds is 4. The summed E-state index contributed by atoms with van der Waals surface area (Å²) in [7, 11) is -3.54. The SMILES string of the molecule is Nc1ccc(S(=O)(=O)NCc2ccon2)cc1. The summed E-state index contributed by atoms with van der Waals surface area (Å²) in [5.41, 5.74) is 6.52. The standard InChI is InChI=1S/C10H11N3O3S/c11-8-1-3-10(4-2-8)17(14,15)12-7-9-5-6-16-13-9/h1-6,12H,7,11H2. The number of nitrogens with two attached hydrogens (primary N) is 1. The maximum atomic E-state index is 11.8. The van der Waals surface area contributed by atoms with Crippen molar-refractivity contribution in [3.63, 3.8) is 0 Å². The molecule has 3 N–H and O–H groups in total. The number of nitrogens with zero attached hydrogens (tertiary/aromatic N) is 1. The molecule has 0 unspecified atom stereocenters. The first-order valence-electron chi connectivity index (χ1n) is 4.82. The van der Waals surface area contributed by atoms with E-state index in [4.69, 9.17) is 5.73 Å². The Morgan fingerprint density at radius 1 is 1.24 bits per heavy atom. The van der Waals surface area contributed by atoms with E-state index in [2.05, 4.69) is 14.4 Å². The van der Waals surface area contributed by atoms with E-state index in [9.17, 15) is 8.42 Å². The third-order valence-corrected chi connectivity index (χ3v) is 3.54. The molecule has 0 spiro atoms. The molecule has 0 radical (unpaired) electrons. The second kappa shape index (κ2) is 4.56. The van der Waals surface area contributed by atoms with Gasteiger partial charge in [0.05, 0.1) is 17.1 Å². The minimum absolute atomic E-state index is 0.0865. The van der Waals surface area contributed by atoms with Gasteiger partial charge in [-0.3, -0.25) is 0 Å². The Morgan fingerprint density at radius 2 is 1.94 bits per heavy atom. The van der Waals surface area contributed by atoms with Crippen LogP contribution in [-0.4, -0.2) is 13.6 Å². The van der Waals surface area contributed by atoms with Crippen LogP contribution in [0.2, 0.25) is 0 Å². The lowest BCUT2D eigenvalue weighted by Crippen LogP contribution is -2.23. The highest BCUT2D eigenvalue weighted by atomic mass is 32.2. The highest BCUT2D eigenvalue weighted by molar-refractivity contribution is 7.89. The van der Waals surface area contributed by atoms with E-state index < -0.39 is 10.0 Å². The van der Waals surface area contributed by atoms with Crippen molar-refractivity contribution in [1.29, 1.82) is 0 Å². The zero-order valence-electron chi connectivity index (χ0n) is 8.83. The third-order valence-electron chi connectivity index (χ3n) is 2.12. The van der Waals surface area contributed by atoms with Gasteiger partial charge in [-0.15, -0.1) is 0 Å². The van der Waals surface area contributed by atoms with Crippen LogP contribution in [0.4, 0.5) is 5.69 Å². The van der Waals surface area contributed by atoms with Gasteiger partial charge in [-0.05, 0) is 24.3 Å². The number of nitrogens with one attached hydrogen (secondary N) is 1. The third kappa shape index (κ3) is 2.83. The molecular formula is C10H11N3O3S. The average molecular weight is 253 g/mol. The zero-order chi connectivity index (χ0) is 12.3. The topological polar surface area (TPSA) is 98.2 Å². The predicted octanol–water partition coefficient (Wildman–Crippen LogP) is 0.735. The monoisotopic (exact) mass is 253 g/mol. The van der Waals surface area contributed by atoms with E-state index in [1.54, 1.807) is 6.07 Å². The highest BCUT2D eigenvalue weighted by Gasteiger charge is 2.13. The van der Waals surface area contributed by atoms with Crippen molar-refractivity contribution >= 4 is 15.7 Å². The van der Waals surface area contributed by atoms with Crippen molar-refractivity contribution in [2.24, 2.45) is 0 Å². The van der Waals surface area contributed by atoms with Gasteiger partial charge in [0.25, 0.3) is 0 Å². The fourth-order valence-corrected chi connectivity index (χ4v) is 2.23. The Morgan fingerprint density at radius 3 is 2.53 bits per heavy atom. The Balaban J connectivity index is 2.11. The van der Waals surface area contributed by atoms with Gasteiger partial charge in [-0.1, -0.05) is 5.16 Å². The normalized spacial score (nSPS) is 11.5. The molecule has 6 nitrogen and oxygen atoms in total. The van der Waals surface area contributed by atoms with E-state index in [-0.39, 0.29) is 11.4 Å². The molecule has 1 heterocycles. The first-order valence-corrected chi connectivity index (χ1v) is 6.31. The molecule has 0 aliphatic rings. The zero-order valence-corrected chi connectivity index (χ0v) is 9.65. The molecule has 0 saturated heterocycles. The van der Waals surface area contributed by atoms with Crippen LogP contribution in [0.3, 0.4) is 0 Å². The molecule has 90 valence electrons. The molecule has 0 bridgehead atoms. The minimum Gasteiger partial charge on any atom is -0.399 e. The van der Waals surface area contributed by atoms with Gasteiger partial charge in [0.2, 0.25) is 10.0 Å². The van der Waals surface area contributed by atoms with Gasteiger partial charge < -0.3 is 10.3 Å². The molecule has 1 aromatic heterocycles. The number of nitrogen functional groups attached to an aromatic ring is 1. The molecule has 0 atom stereocenters. The van der Waals surface area contributed by atoms with Gasteiger partial charge in [0.1, 0.15) is 6.26 Å². The average Bonchev–Trinajstić information content (AvgIpc) is 2.80. The number of sulfonamides is 1. The molecule has 17 heavy (non-hydrogen) atoms. The maximum absolute atomic E-state index is 11.8. The van der Waals surface area contributed by atoms with Crippen molar-refractivity contribution in [3.8, 4) is 0 Å². The maximum Gasteiger partial charge on any atom is 0.240 e. The molecular weight excluding hydrogens is 242 g/mol. The largest absolute Gasteiger partial charge is 0.399 e. The Kier molecular flexibility index (Phi) is 3.12. The molecule has 7 heteroatoms. The minimum atomic E-state index is -3.54. The van der Waals surface area contributed by atoms with E-state index >= 15 is 0 Å². The Bertz CT molecular complexity index is 576. The van der Waals surface area contributed by atoms with Crippen molar-refractivity contribution < 1.29 is 12.9 Å². The Hall–Kier alpha value is -1.86. The lowest BCUT2D eigenvalue weighted by atomic mass is 10.3. The quantitative estimate of drug-likeness (QED) is 0.783. The molecule has 0 amide bonds. The number of hydrogen-bond acceptors (Lipinski definition) is 5. The predicted molar refractivity (Wildman–Crippen MR) is 61.4 cm³/mol. The smallest absolute Gasteiger partial charge is 0.240 e. The van der Waals surface area contributed by atoms with Crippen molar-refractivity contribution in [3.05, 3.63) is 42.3 Å². The molecule has 0 aliphatic heterocycles. The second-order valence-corrected chi connectivity index (χ2v) is 5.15. The van der Waals surface area contributed by atoms with Crippen LogP contribution in [0, 0.1) is 0 Å². The number of aromatic nitrogens is 1. The first-order chi connectivity index (χ1) is 8.08. The lowest BCUT2D eigenvalue weighted by Gasteiger charge is -2.05. The molecule has 2 rings (SSSR count). The molecule has 0 saturated carbocycles. The fraction of sp³-hybridized carbons (Fsp3) is 0.100. The fourth-order valence-electron chi connectivity index (χ4n) is 1.23. The second-order valence-electron chi connectivity index (χ2n) is 3.38. The van der Waals surface area contributed by atoms with Gasteiger partial charge in [0.15, 0.2) is 0 Å². The summed E-state index contributed by atoms with van der Waals surface area (Å²) >= 11 is 0. The van der Waals surface area contributed by atoms with Crippen LogP contribution in [-0.2, 0) is 16.6 Å². The molecule has 1 aromatic carbocycles. The molecule has 2 aromatic rings. The van der Waals surface area contributed by atoms with Crippen molar-refractivity contribution in [1.82, 2.24) is 9.88 Å². The van der Waals surface area contributed by atoms with E-state index in [0.29, 0.717) is 11.4 Å². The lowest BCUT2D eigenvalue weighted by molar-refractivity contribution is 0.411. The van der Waals surface area contributed by atoms with Gasteiger partial charge in [0, 0.05) is 11.8 Å². The molecule has 0 aliphatic carbocycles. The van der Waals surface area contributed by atoms with Gasteiger partial charge in [-0.2, -0.15) is 0 Å². The number of benzene rings is 1. The summed E-state index contributed by atoms with van der Waals surface area (Å²) in [6, 6.07) is 7.54. The number of hydrogen-bond donors (Lipinski definition) is 2. The molecule has 0 fully saturated rings. The first kappa shape index (κ1) is 11.6. The van der Waals surface area contributed by atoms with E-state index in [1.165, 1.54) is 30.5 Å². The van der Waals surface area contributed by atoms with Gasteiger partial charge in [-0.25, -0.2) is 13.1 Å². The summed E-state index contributed by atoms with van der Waals surface area (Å²) in [5, 5.41) is 3.61. The van der Waals surface area contributed by atoms with E-state index in [0.717, 1.165) is 0 Å². The van der Waals surface area contributed by atoms with Crippen LogP contribution in [0.15, 0.2) is 46.0 Å². The number of anilines is 1. The van der Waals surface area contributed by atoms with Crippen LogP contribution in [0.1, 0.15) is 5.69 Å². The van der Waals surface area contributed by atoms with E-state index in [1.807, 2.05) is 0 Å². The van der Waals surface area contributed by atoms with Gasteiger partial charge >= 0.3 is 0 Å².